The van der Waals surface area contributed by atoms with Gasteiger partial charge in [0, 0.05) is 49.2 Å². The van der Waals surface area contributed by atoms with E-state index in [0.29, 0.717) is 25.1 Å². The average Bonchev–Trinajstić information content (AvgIpc) is 2.94. The molecule has 1 saturated heterocycles. The molecule has 1 aliphatic rings. The molecule has 0 unspecified atom stereocenters. The highest BCUT2D eigenvalue weighted by molar-refractivity contribution is 9.10. The molecule has 3 rings (SSSR count). The fourth-order valence-corrected chi connectivity index (χ4v) is 3.80. The average molecular weight is 449 g/mol. The van der Waals surface area contributed by atoms with Gasteiger partial charge in [0.05, 0.1) is 7.11 Å². The Kier molecular flexibility index (Phi) is 7.45. The van der Waals surface area contributed by atoms with E-state index in [9.17, 15) is 9.18 Å². The van der Waals surface area contributed by atoms with Gasteiger partial charge in [0.1, 0.15) is 11.6 Å². The van der Waals surface area contributed by atoms with E-state index in [1.807, 2.05) is 41.3 Å². The maximum atomic E-state index is 14.1. The Morgan fingerprint density at radius 2 is 1.89 bits per heavy atom. The normalized spacial score (nSPS) is 15.3. The molecule has 150 valence electrons. The zero-order valence-corrected chi connectivity index (χ0v) is 17.8. The summed E-state index contributed by atoms with van der Waals surface area (Å²) < 4.78 is 20.0. The van der Waals surface area contributed by atoms with Gasteiger partial charge < -0.3 is 9.64 Å². The number of carbonyl (C=O) groups excluding carboxylic acids is 1. The fraction of sp³-hybridized carbons (Fsp3) is 0.409. The second-order valence-corrected chi connectivity index (χ2v) is 8.01. The van der Waals surface area contributed by atoms with Crippen LogP contribution in [0.2, 0.25) is 0 Å². The van der Waals surface area contributed by atoms with Gasteiger partial charge in [-0.25, -0.2) is 4.39 Å². The zero-order valence-electron chi connectivity index (χ0n) is 16.2. The molecule has 0 N–H and O–H groups in total. The van der Waals surface area contributed by atoms with Crippen LogP contribution in [0.5, 0.6) is 5.75 Å². The smallest absolute Gasteiger partial charge is 0.222 e. The highest BCUT2D eigenvalue weighted by Crippen LogP contribution is 2.18. The molecule has 2 aromatic rings. The van der Waals surface area contributed by atoms with E-state index in [0.717, 1.165) is 48.3 Å². The van der Waals surface area contributed by atoms with Crippen molar-refractivity contribution in [1.82, 2.24) is 9.80 Å². The van der Waals surface area contributed by atoms with Crippen molar-refractivity contribution in [2.45, 2.75) is 25.8 Å². The molecule has 0 aromatic heterocycles. The molecule has 0 spiro atoms. The number of hydrogen-bond donors (Lipinski definition) is 0. The first-order chi connectivity index (χ1) is 13.5. The van der Waals surface area contributed by atoms with Gasteiger partial charge in [-0.2, -0.15) is 0 Å². The third-order valence-corrected chi connectivity index (χ3v) is 5.63. The SMILES string of the molecule is COc1ccc(CCC(=O)N2CCCN(Cc3ccc(Br)cc3F)CC2)cc1. The van der Waals surface area contributed by atoms with Crippen molar-refractivity contribution in [3.8, 4) is 5.75 Å². The summed E-state index contributed by atoms with van der Waals surface area (Å²) in [6, 6.07) is 13.0. The van der Waals surface area contributed by atoms with E-state index >= 15 is 0 Å². The molecular weight excluding hydrogens is 423 g/mol. The third-order valence-electron chi connectivity index (χ3n) is 5.14. The minimum absolute atomic E-state index is 0.187. The molecule has 0 bridgehead atoms. The first-order valence-corrected chi connectivity index (χ1v) is 10.4. The van der Waals surface area contributed by atoms with Crippen molar-refractivity contribution in [2.24, 2.45) is 0 Å². The highest BCUT2D eigenvalue weighted by atomic mass is 79.9. The molecule has 0 aliphatic carbocycles. The second kappa shape index (κ2) is 10.0. The van der Waals surface area contributed by atoms with Gasteiger partial charge in [-0.15, -0.1) is 0 Å². The van der Waals surface area contributed by atoms with Crippen LogP contribution in [0.15, 0.2) is 46.9 Å². The van der Waals surface area contributed by atoms with Gasteiger partial charge in [0.25, 0.3) is 0 Å². The van der Waals surface area contributed by atoms with Crippen LogP contribution in [-0.4, -0.2) is 49.0 Å². The minimum Gasteiger partial charge on any atom is -0.497 e. The molecule has 1 heterocycles. The summed E-state index contributed by atoms with van der Waals surface area (Å²) in [4.78, 5) is 16.8. The van der Waals surface area contributed by atoms with Crippen LogP contribution in [0.25, 0.3) is 0 Å². The van der Waals surface area contributed by atoms with E-state index < -0.39 is 0 Å². The number of nitrogens with zero attached hydrogens (tertiary/aromatic N) is 2. The molecule has 1 fully saturated rings. The predicted molar refractivity (Wildman–Crippen MR) is 112 cm³/mol. The number of carbonyl (C=O) groups is 1. The van der Waals surface area contributed by atoms with Crippen molar-refractivity contribution in [3.05, 3.63) is 63.9 Å². The van der Waals surface area contributed by atoms with Gasteiger partial charge in [-0.05, 0) is 42.7 Å². The number of ether oxygens (including phenoxy) is 1. The van der Waals surface area contributed by atoms with Gasteiger partial charge in [-0.1, -0.05) is 34.1 Å². The van der Waals surface area contributed by atoms with E-state index in [1.54, 1.807) is 7.11 Å². The lowest BCUT2D eigenvalue weighted by Gasteiger charge is -2.22. The van der Waals surface area contributed by atoms with Crippen molar-refractivity contribution in [3.63, 3.8) is 0 Å². The van der Waals surface area contributed by atoms with Crippen LogP contribution >= 0.6 is 15.9 Å². The van der Waals surface area contributed by atoms with Gasteiger partial charge in [0.15, 0.2) is 0 Å². The Morgan fingerprint density at radius 1 is 1.11 bits per heavy atom. The number of benzene rings is 2. The van der Waals surface area contributed by atoms with E-state index in [-0.39, 0.29) is 11.7 Å². The van der Waals surface area contributed by atoms with Crippen LogP contribution < -0.4 is 4.74 Å². The summed E-state index contributed by atoms with van der Waals surface area (Å²) in [5.74, 6) is 0.823. The van der Waals surface area contributed by atoms with Crippen LogP contribution in [0, 0.1) is 5.82 Å². The minimum atomic E-state index is -0.189. The van der Waals surface area contributed by atoms with Crippen LogP contribution in [0.3, 0.4) is 0 Å². The summed E-state index contributed by atoms with van der Waals surface area (Å²) in [5.41, 5.74) is 1.83. The number of hydrogen-bond acceptors (Lipinski definition) is 3. The van der Waals surface area contributed by atoms with Crippen molar-refractivity contribution >= 4 is 21.8 Å². The number of rotatable bonds is 6. The first-order valence-electron chi connectivity index (χ1n) is 9.62. The standard InChI is InChI=1S/C22H26BrFN2O2/c1-28-20-8-3-17(4-9-20)5-10-22(27)26-12-2-11-25(13-14-26)16-18-6-7-19(23)15-21(18)24/h3-4,6-9,15H,2,5,10-14,16H2,1H3. The molecule has 28 heavy (non-hydrogen) atoms. The monoisotopic (exact) mass is 448 g/mol. The molecule has 2 aromatic carbocycles. The predicted octanol–water partition coefficient (Wildman–Crippen LogP) is 4.26. The lowest BCUT2D eigenvalue weighted by molar-refractivity contribution is -0.131. The fourth-order valence-electron chi connectivity index (χ4n) is 3.47. The summed E-state index contributed by atoms with van der Waals surface area (Å²) in [6.45, 7) is 3.68. The number of amides is 1. The number of halogens is 2. The summed E-state index contributed by atoms with van der Waals surface area (Å²) >= 11 is 3.29. The maximum Gasteiger partial charge on any atom is 0.222 e. The molecule has 1 amide bonds. The number of methoxy groups -OCH3 is 1. The molecule has 6 heteroatoms. The quantitative estimate of drug-likeness (QED) is 0.661. The Morgan fingerprint density at radius 3 is 2.61 bits per heavy atom. The van der Waals surface area contributed by atoms with Crippen LogP contribution in [0.4, 0.5) is 4.39 Å². The van der Waals surface area contributed by atoms with Crippen molar-refractivity contribution in [1.29, 1.82) is 0 Å². The molecule has 0 atom stereocenters. The summed E-state index contributed by atoms with van der Waals surface area (Å²) in [6.07, 6.45) is 2.15. The van der Waals surface area contributed by atoms with Crippen molar-refractivity contribution in [2.75, 3.05) is 33.3 Å². The Balaban J connectivity index is 1.49. The topological polar surface area (TPSA) is 32.8 Å². The molecule has 0 saturated carbocycles. The Labute approximate surface area is 174 Å². The summed E-state index contributed by atoms with van der Waals surface area (Å²) in [7, 11) is 1.65. The lowest BCUT2D eigenvalue weighted by atomic mass is 10.1. The molecule has 4 nitrogen and oxygen atoms in total. The van der Waals surface area contributed by atoms with Crippen molar-refractivity contribution < 1.29 is 13.9 Å². The van der Waals surface area contributed by atoms with E-state index in [1.165, 1.54) is 6.07 Å². The van der Waals surface area contributed by atoms with Gasteiger partial charge in [0.2, 0.25) is 5.91 Å². The van der Waals surface area contributed by atoms with Crippen LogP contribution in [-0.2, 0) is 17.8 Å². The van der Waals surface area contributed by atoms with E-state index in [2.05, 4.69) is 20.8 Å². The third kappa shape index (κ3) is 5.79. The molecule has 0 radical (unpaired) electrons. The lowest BCUT2D eigenvalue weighted by Crippen LogP contribution is -2.35. The molecular formula is C22H26BrFN2O2. The number of aryl methyl sites for hydroxylation is 1. The van der Waals surface area contributed by atoms with Crippen LogP contribution in [0.1, 0.15) is 24.0 Å². The summed E-state index contributed by atoms with van der Waals surface area (Å²) in [5, 5.41) is 0. The maximum absolute atomic E-state index is 14.1. The second-order valence-electron chi connectivity index (χ2n) is 7.09. The Hall–Kier alpha value is -1.92. The Bertz CT molecular complexity index is 798. The molecule has 1 aliphatic heterocycles. The van der Waals surface area contributed by atoms with Gasteiger partial charge >= 0.3 is 0 Å². The highest BCUT2D eigenvalue weighted by Gasteiger charge is 2.19. The largest absolute Gasteiger partial charge is 0.497 e. The van der Waals surface area contributed by atoms with Gasteiger partial charge in [-0.3, -0.25) is 9.69 Å². The van der Waals surface area contributed by atoms with E-state index in [4.69, 9.17) is 4.74 Å². The first kappa shape index (κ1) is 20.8. The zero-order chi connectivity index (χ0) is 19.9.